The van der Waals surface area contributed by atoms with Gasteiger partial charge in [-0.15, -0.1) is 0 Å². The molecular formula is C18H16O3S. The molecule has 0 aliphatic rings. The van der Waals surface area contributed by atoms with E-state index in [-0.39, 0.29) is 5.12 Å². The van der Waals surface area contributed by atoms with Gasteiger partial charge in [0.05, 0.1) is 0 Å². The Hall–Kier alpha value is -2.33. The highest BCUT2D eigenvalue weighted by atomic mass is 32.2. The van der Waals surface area contributed by atoms with Crippen molar-refractivity contribution in [2.45, 2.75) is 11.7 Å². The van der Waals surface area contributed by atoms with Gasteiger partial charge >= 0.3 is 5.97 Å². The summed E-state index contributed by atoms with van der Waals surface area (Å²) in [6.45, 7) is 0. The van der Waals surface area contributed by atoms with Crippen molar-refractivity contribution in [3.05, 3.63) is 77.9 Å². The minimum absolute atomic E-state index is 0.257. The zero-order chi connectivity index (χ0) is 15.8. The van der Waals surface area contributed by atoms with Crippen LogP contribution >= 0.6 is 11.8 Å². The molecule has 0 amide bonds. The van der Waals surface area contributed by atoms with E-state index in [1.807, 2.05) is 60.7 Å². The number of benzene rings is 2. The van der Waals surface area contributed by atoms with Crippen molar-refractivity contribution in [3.8, 4) is 0 Å². The van der Waals surface area contributed by atoms with E-state index in [9.17, 15) is 14.7 Å². The topological polar surface area (TPSA) is 54.4 Å². The van der Waals surface area contributed by atoms with Gasteiger partial charge in [0, 0.05) is 0 Å². The second-order valence-corrected chi connectivity index (χ2v) is 5.90. The number of hydrogen-bond acceptors (Lipinski definition) is 3. The van der Waals surface area contributed by atoms with Crippen molar-refractivity contribution in [1.82, 2.24) is 0 Å². The van der Waals surface area contributed by atoms with Crippen LogP contribution in [0.25, 0.3) is 6.08 Å². The van der Waals surface area contributed by atoms with Crippen molar-refractivity contribution in [2.75, 3.05) is 0 Å². The Morgan fingerprint density at radius 1 is 1.00 bits per heavy atom. The van der Waals surface area contributed by atoms with E-state index >= 15 is 0 Å². The summed E-state index contributed by atoms with van der Waals surface area (Å²) < 4.78 is 0. The molecule has 0 fully saturated rings. The maximum Gasteiger partial charge on any atom is 0.317 e. The minimum atomic E-state index is -0.977. The maximum absolute atomic E-state index is 11.9. The predicted molar refractivity (Wildman–Crippen MR) is 89.6 cm³/mol. The first-order valence-electron chi connectivity index (χ1n) is 6.85. The van der Waals surface area contributed by atoms with Gasteiger partial charge < -0.3 is 5.11 Å². The lowest BCUT2D eigenvalue weighted by Gasteiger charge is -2.09. The Morgan fingerprint density at radius 2 is 1.59 bits per heavy atom. The van der Waals surface area contributed by atoms with Crippen LogP contribution in [0.1, 0.15) is 11.1 Å². The number of carbonyl (C=O) groups is 2. The average Bonchev–Trinajstić information content (AvgIpc) is 2.54. The number of aliphatic carboxylic acids is 1. The molecule has 0 saturated heterocycles. The first kappa shape index (κ1) is 16.0. The summed E-state index contributed by atoms with van der Waals surface area (Å²) in [5.41, 5.74) is 1.81. The van der Waals surface area contributed by atoms with Crippen LogP contribution in [0, 0.1) is 0 Å². The van der Waals surface area contributed by atoms with Crippen LogP contribution in [-0.4, -0.2) is 21.4 Å². The second kappa shape index (κ2) is 8.20. The molecular weight excluding hydrogens is 296 g/mol. The summed E-state index contributed by atoms with van der Waals surface area (Å²) >= 11 is 0.842. The first-order valence-corrected chi connectivity index (χ1v) is 7.73. The van der Waals surface area contributed by atoms with Crippen LogP contribution in [0.3, 0.4) is 0 Å². The fourth-order valence-electron chi connectivity index (χ4n) is 1.92. The Bertz CT molecular complexity index is 651. The molecule has 1 N–H and O–H groups in total. The Morgan fingerprint density at radius 3 is 2.18 bits per heavy atom. The highest BCUT2D eigenvalue weighted by Gasteiger charge is 2.21. The minimum Gasteiger partial charge on any atom is -0.480 e. The van der Waals surface area contributed by atoms with Gasteiger partial charge in [-0.1, -0.05) is 78.5 Å². The monoisotopic (exact) mass is 312 g/mol. The fourth-order valence-corrected chi connectivity index (χ4v) is 2.72. The molecule has 0 radical (unpaired) electrons. The molecule has 2 rings (SSSR count). The van der Waals surface area contributed by atoms with Gasteiger partial charge in [-0.05, 0) is 23.6 Å². The summed E-state index contributed by atoms with van der Waals surface area (Å²) in [7, 11) is 0. The third kappa shape index (κ3) is 5.22. The number of carboxylic acids is 1. The fraction of sp³-hybridized carbons (Fsp3) is 0.111. The van der Waals surface area contributed by atoms with Crippen molar-refractivity contribution in [2.24, 2.45) is 0 Å². The second-order valence-electron chi connectivity index (χ2n) is 4.70. The van der Waals surface area contributed by atoms with Gasteiger partial charge in [0.1, 0.15) is 5.25 Å². The smallest absolute Gasteiger partial charge is 0.317 e. The first-order chi connectivity index (χ1) is 10.6. The van der Waals surface area contributed by atoms with Gasteiger partial charge in [-0.3, -0.25) is 9.59 Å². The van der Waals surface area contributed by atoms with Crippen LogP contribution in [-0.2, 0) is 16.0 Å². The van der Waals surface area contributed by atoms with Crippen molar-refractivity contribution >= 4 is 28.9 Å². The third-order valence-electron chi connectivity index (χ3n) is 3.01. The van der Waals surface area contributed by atoms with Crippen molar-refractivity contribution in [3.63, 3.8) is 0 Å². The summed E-state index contributed by atoms with van der Waals surface area (Å²) in [6, 6.07) is 18.7. The van der Waals surface area contributed by atoms with E-state index in [0.29, 0.717) is 6.42 Å². The molecule has 0 saturated carbocycles. The van der Waals surface area contributed by atoms with Gasteiger partial charge in [-0.25, -0.2) is 0 Å². The average molecular weight is 312 g/mol. The zero-order valence-electron chi connectivity index (χ0n) is 11.9. The Balaban J connectivity index is 1.97. The van der Waals surface area contributed by atoms with Gasteiger partial charge in [0.25, 0.3) is 0 Å². The number of carbonyl (C=O) groups excluding carboxylic acids is 1. The molecule has 1 atom stereocenters. The van der Waals surface area contributed by atoms with Crippen molar-refractivity contribution in [1.29, 1.82) is 0 Å². The summed E-state index contributed by atoms with van der Waals surface area (Å²) in [5.74, 6) is -0.977. The molecule has 3 nitrogen and oxygen atoms in total. The Labute approximate surface area is 133 Å². The standard InChI is InChI=1S/C18H16O3S/c19-17(12-11-14-7-3-1-4-8-14)22-16(18(20)21)13-15-9-5-2-6-10-15/h1-12,16H,13H2,(H,20,21)/b12-11+/t16-/m1/s1. The third-order valence-corrected chi connectivity index (χ3v) is 4.03. The molecule has 4 heteroatoms. The lowest BCUT2D eigenvalue weighted by molar-refractivity contribution is -0.136. The van der Waals surface area contributed by atoms with E-state index in [2.05, 4.69) is 0 Å². The molecule has 0 spiro atoms. The molecule has 112 valence electrons. The highest BCUT2D eigenvalue weighted by molar-refractivity contribution is 8.15. The molecule has 2 aromatic carbocycles. The normalized spacial score (nSPS) is 12.2. The molecule has 0 aromatic heterocycles. The number of carboxylic acid groups (broad SMARTS) is 1. The molecule has 0 heterocycles. The maximum atomic E-state index is 11.9. The molecule has 0 aliphatic heterocycles. The number of hydrogen-bond donors (Lipinski definition) is 1. The summed E-state index contributed by atoms with van der Waals surface area (Å²) in [5, 5.41) is 8.23. The Kier molecular flexibility index (Phi) is 5.98. The van der Waals surface area contributed by atoms with E-state index in [4.69, 9.17) is 0 Å². The number of thioether (sulfide) groups is 1. The molecule has 22 heavy (non-hydrogen) atoms. The van der Waals surface area contributed by atoms with Crippen LogP contribution in [0.2, 0.25) is 0 Å². The molecule has 0 unspecified atom stereocenters. The van der Waals surface area contributed by atoms with Gasteiger partial charge in [0.2, 0.25) is 5.12 Å². The molecule has 0 aliphatic carbocycles. The predicted octanol–water partition coefficient (Wildman–Crippen LogP) is 3.66. The zero-order valence-corrected chi connectivity index (χ0v) is 12.7. The van der Waals surface area contributed by atoms with Crippen LogP contribution < -0.4 is 0 Å². The van der Waals surface area contributed by atoms with Crippen LogP contribution in [0.4, 0.5) is 0 Å². The van der Waals surface area contributed by atoms with E-state index in [1.165, 1.54) is 6.08 Å². The molecule has 0 bridgehead atoms. The number of rotatable bonds is 6. The van der Waals surface area contributed by atoms with Crippen molar-refractivity contribution < 1.29 is 14.7 Å². The van der Waals surface area contributed by atoms with Crippen LogP contribution in [0.15, 0.2) is 66.7 Å². The van der Waals surface area contributed by atoms with Gasteiger partial charge in [-0.2, -0.15) is 0 Å². The van der Waals surface area contributed by atoms with E-state index in [1.54, 1.807) is 6.08 Å². The lowest BCUT2D eigenvalue weighted by atomic mass is 10.1. The quantitative estimate of drug-likeness (QED) is 0.827. The largest absolute Gasteiger partial charge is 0.480 e. The SMILES string of the molecule is O=C(/C=C/c1ccccc1)S[C@H](Cc1ccccc1)C(=O)O. The molecule has 2 aromatic rings. The van der Waals surface area contributed by atoms with Gasteiger partial charge in [0.15, 0.2) is 0 Å². The van der Waals surface area contributed by atoms with E-state index in [0.717, 1.165) is 22.9 Å². The lowest BCUT2D eigenvalue weighted by Crippen LogP contribution is -2.20. The highest BCUT2D eigenvalue weighted by Crippen LogP contribution is 2.19. The van der Waals surface area contributed by atoms with Crippen LogP contribution in [0.5, 0.6) is 0 Å². The summed E-state index contributed by atoms with van der Waals surface area (Å²) in [6.07, 6.45) is 3.43. The van der Waals surface area contributed by atoms with E-state index < -0.39 is 11.2 Å². The summed E-state index contributed by atoms with van der Waals surface area (Å²) in [4.78, 5) is 23.3.